The number of hydrogen-bond donors (Lipinski definition) is 2. The van der Waals surface area contributed by atoms with Gasteiger partial charge in [-0.15, -0.1) is 0 Å². The molecule has 0 aromatic carbocycles. The summed E-state index contributed by atoms with van der Waals surface area (Å²) in [6.07, 6.45) is 2.40. The first-order chi connectivity index (χ1) is 7.47. The highest BCUT2D eigenvalue weighted by Gasteiger charge is 2.23. The lowest BCUT2D eigenvalue weighted by molar-refractivity contribution is 0.258. The predicted molar refractivity (Wildman–Crippen MR) is 63.7 cm³/mol. The van der Waals surface area contributed by atoms with Crippen molar-refractivity contribution < 1.29 is 13.5 Å². The molecule has 96 valence electrons. The Balaban J connectivity index is 2.38. The number of hydrogen-bond acceptors (Lipinski definition) is 4. The van der Waals surface area contributed by atoms with Gasteiger partial charge in [-0.1, -0.05) is 0 Å². The molecule has 1 rings (SSSR count). The van der Waals surface area contributed by atoms with Crippen molar-refractivity contribution in [2.75, 3.05) is 26.2 Å². The van der Waals surface area contributed by atoms with Crippen molar-refractivity contribution in [3.8, 4) is 0 Å². The minimum absolute atomic E-state index is 0.225. The molecule has 2 unspecified atom stereocenters. The van der Waals surface area contributed by atoms with Crippen LogP contribution in [0.1, 0.15) is 26.7 Å². The molecule has 1 fully saturated rings. The topological polar surface area (TPSA) is 69.6 Å². The standard InChI is InChI=1S/C10H22N2O3S/c1-9(12-5-3-4-6-12)7-11-16(14,15)10(2)8-13/h9-11,13H,3-8H2,1-2H3. The summed E-state index contributed by atoms with van der Waals surface area (Å²) in [6.45, 7) is 5.72. The molecule has 0 radical (unpaired) electrons. The summed E-state index contributed by atoms with van der Waals surface area (Å²) >= 11 is 0. The lowest BCUT2D eigenvalue weighted by Crippen LogP contribution is -2.43. The van der Waals surface area contributed by atoms with Crippen LogP contribution >= 0.6 is 0 Å². The van der Waals surface area contributed by atoms with E-state index < -0.39 is 15.3 Å². The molecule has 2 atom stereocenters. The van der Waals surface area contributed by atoms with E-state index in [4.69, 9.17) is 5.11 Å². The molecule has 0 saturated carbocycles. The maximum atomic E-state index is 11.6. The molecule has 0 aromatic rings. The first kappa shape index (κ1) is 13.9. The summed E-state index contributed by atoms with van der Waals surface area (Å²) in [5.74, 6) is 0. The minimum atomic E-state index is -3.36. The average Bonchev–Trinajstić information content (AvgIpc) is 2.78. The summed E-state index contributed by atoms with van der Waals surface area (Å²) < 4.78 is 25.7. The highest BCUT2D eigenvalue weighted by atomic mass is 32.2. The monoisotopic (exact) mass is 250 g/mol. The van der Waals surface area contributed by atoms with Crippen molar-refractivity contribution in [1.82, 2.24) is 9.62 Å². The van der Waals surface area contributed by atoms with Crippen LogP contribution in [0.25, 0.3) is 0 Å². The van der Waals surface area contributed by atoms with Gasteiger partial charge in [-0.05, 0) is 39.8 Å². The SMILES string of the molecule is CC(CNS(=O)(=O)C(C)CO)N1CCCC1. The van der Waals surface area contributed by atoms with Crippen molar-refractivity contribution in [3.05, 3.63) is 0 Å². The van der Waals surface area contributed by atoms with E-state index in [1.54, 1.807) is 0 Å². The molecular weight excluding hydrogens is 228 g/mol. The molecule has 0 amide bonds. The molecule has 0 aliphatic carbocycles. The van der Waals surface area contributed by atoms with E-state index in [1.165, 1.54) is 19.8 Å². The summed E-state index contributed by atoms with van der Waals surface area (Å²) in [6, 6.07) is 0.225. The van der Waals surface area contributed by atoms with Gasteiger partial charge in [-0.25, -0.2) is 13.1 Å². The molecule has 1 saturated heterocycles. The zero-order chi connectivity index (χ0) is 12.2. The predicted octanol–water partition coefficient (Wildman–Crippen LogP) is -0.229. The molecule has 1 aliphatic heterocycles. The number of nitrogens with one attached hydrogen (secondary N) is 1. The third kappa shape index (κ3) is 3.69. The Morgan fingerprint density at radius 1 is 1.31 bits per heavy atom. The second kappa shape index (κ2) is 5.95. The lowest BCUT2D eigenvalue weighted by Gasteiger charge is -2.24. The summed E-state index contributed by atoms with van der Waals surface area (Å²) in [7, 11) is -3.36. The van der Waals surface area contributed by atoms with Crippen LogP contribution in [0.3, 0.4) is 0 Å². The van der Waals surface area contributed by atoms with Gasteiger partial charge in [0.15, 0.2) is 0 Å². The quantitative estimate of drug-likeness (QED) is 0.683. The van der Waals surface area contributed by atoms with E-state index in [-0.39, 0.29) is 12.6 Å². The van der Waals surface area contributed by atoms with E-state index >= 15 is 0 Å². The van der Waals surface area contributed by atoms with Crippen molar-refractivity contribution in [2.24, 2.45) is 0 Å². The molecule has 0 spiro atoms. The molecule has 6 heteroatoms. The van der Waals surface area contributed by atoms with Crippen molar-refractivity contribution in [3.63, 3.8) is 0 Å². The summed E-state index contributed by atoms with van der Waals surface area (Å²) in [5, 5.41) is 8.08. The first-order valence-electron chi connectivity index (χ1n) is 5.80. The molecule has 1 aliphatic rings. The summed E-state index contributed by atoms with van der Waals surface area (Å²) in [5.41, 5.74) is 0. The number of rotatable bonds is 6. The van der Waals surface area contributed by atoms with E-state index in [2.05, 4.69) is 9.62 Å². The average molecular weight is 250 g/mol. The maximum absolute atomic E-state index is 11.6. The van der Waals surface area contributed by atoms with Crippen LogP contribution in [0.5, 0.6) is 0 Å². The molecule has 0 bridgehead atoms. The lowest BCUT2D eigenvalue weighted by atomic mass is 10.3. The van der Waals surface area contributed by atoms with Crippen LogP contribution < -0.4 is 4.72 Å². The van der Waals surface area contributed by atoms with Crippen LogP contribution in [0.4, 0.5) is 0 Å². The molecule has 16 heavy (non-hydrogen) atoms. The van der Waals surface area contributed by atoms with E-state index in [0.29, 0.717) is 6.54 Å². The Kier molecular flexibility index (Phi) is 5.17. The molecule has 0 aromatic heterocycles. The van der Waals surface area contributed by atoms with Gasteiger partial charge >= 0.3 is 0 Å². The van der Waals surface area contributed by atoms with Crippen LogP contribution in [0, 0.1) is 0 Å². The Labute approximate surface area is 97.9 Å². The fourth-order valence-corrected chi connectivity index (χ4v) is 2.74. The Bertz CT molecular complexity index is 299. The Hall–Kier alpha value is -0.170. The maximum Gasteiger partial charge on any atom is 0.216 e. The number of aliphatic hydroxyl groups is 1. The van der Waals surface area contributed by atoms with Gasteiger partial charge in [-0.3, -0.25) is 4.90 Å². The fourth-order valence-electron chi connectivity index (χ4n) is 1.79. The molecule has 1 heterocycles. The van der Waals surface area contributed by atoms with Gasteiger partial charge in [0, 0.05) is 12.6 Å². The van der Waals surface area contributed by atoms with Gasteiger partial charge in [0.1, 0.15) is 0 Å². The highest BCUT2D eigenvalue weighted by Crippen LogP contribution is 2.11. The number of nitrogens with zero attached hydrogens (tertiary/aromatic N) is 1. The zero-order valence-corrected chi connectivity index (χ0v) is 10.8. The molecular formula is C10H22N2O3S. The van der Waals surface area contributed by atoms with Crippen LogP contribution in [0.15, 0.2) is 0 Å². The van der Waals surface area contributed by atoms with E-state index in [1.807, 2.05) is 6.92 Å². The third-order valence-corrected chi connectivity index (χ3v) is 4.91. The molecule has 5 nitrogen and oxygen atoms in total. The second-order valence-corrected chi connectivity index (χ2v) is 6.66. The van der Waals surface area contributed by atoms with Gasteiger partial charge in [-0.2, -0.15) is 0 Å². The van der Waals surface area contributed by atoms with Gasteiger partial charge in [0.2, 0.25) is 10.0 Å². The van der Waals surface area contributed by atoms with Gasteiger partial charge in [0.05, 0.1) is 11.9 Å². The van der Waals surface area contributed by atoms with Crippen LogP contribution in [0.2, 0.25) is 0 Å². The van der Waals surface area contributed by atoms with E-state index in [9.17, 15) is 8.42 Å². The first-order valence-corrected chi connectivity index (χ1v) is 7.35. The Morgan fingerprint density at radius 3 is 2.38 bits per heavy atom. The van der Waals surface area contributed by atoms with Gasteiger partial charge in [0.25, 0.3) is 0 Å². The Morgan fingerprint density at radius 2 is 1.88 bits per heavy atom. The highest BCUT2D eigenvalue weighted by molar-refractivity contribution is 7.90. The largest absolute Gasteiger partial charge is 0.395 e. The smallest absolute Gasteiger partial charge is 0.216 e. The third-order valence-electron chi connectivity index (χ3n) is 3.13. The minimum Gasteiger partial charge on any atom is -0.395 e. The summed E-state index contributed by atoms with van der Waals surface area (Å²) in [4.78, 5) is 2.28. The van der Waals surface area contributed by atoms with Crippen LogP contribution in [-0.2, 0) is 10.0 Å². The number of likely N-dealkylation sites (tertiary alicyclic amines) is 1. The van der Waals surface area contributed by atoms with Crippen LogP contribution in [-0.4, -0.2) is 56.0 Å². The normalized spacial score (nSPS) is 22.2. The van der Waals surface area contributed by atoms with Gasteiger partial charge < -0.3 is 5.11 Å². The van der Waals surface area contributed by atoms with E-state index in [0.717, 1.165) is 13.1 Å². The molecule has 2 N–H and O–H groups in total. The number of sulfonamides is 1. The zero-order valence-electron chi connectivity index (χ0n) is 10.0. The number of aliphatic hydroxyl groups excluding tert-OH is 1. The van der Waals surface area contributed by atoms with Crippen molar-refractivity contribution in [1.29, 1.82) is 0 Å². The fraction of sp³-hybridized carbons (Fsp3) is 1.00. The second-order valence-electron chi connectivity index (χ2n) is 4.48. The van der Waals surface area contributed by atoms with Crippen molar-refractivity contribution in [2.45, 2.75) is 38.0 Å². The van der Waals surface area contributed by atoms with Crippen molar-refractivity contribution >= 4 is 10.0 Å².